The molecule has 2 atom stereocenters. The molecule has 7 nitrogen and oxygen atoms in total. The molecule has 1 amide bonds. The first-order chi connectivity index (χ1) is 13.1. The number of carbonyl (C=O) groups excluding carboxylic acids is 1. The summed E-state index contributed by atoms with van der Waals surface area (Å²) < 4.78 is 0. The SMILES string of the molecule is NC[C@@H]1CN(CCC(=O)Nc2ccc([N+](=O)[O-])cc2)C[C@H]1c1ccccc1. The standard InChI is InChI=1S/C20H24N4O3/c21-12-16-13-23(14-19(16)15-4-2-1-3-5-15)11-10-20(25)22-17-6-8-18(9-7-17)24(26)27/h1-9,16,19H,10-14,21H2,(H,22,25)/t16-,19+/m1/s1. The minimum absolute atomic E-state index is 0.00449. The summed E-state index contributed by atoms with van der Waals surface area (Å²) in [6, 6.07) is 16.2. The normalized spacial score (nSPS) is 19.7. The van der Waals surface area contributed by atoms with Gasteiger partial charge in [-0.15, -0.1) is 0 Å². The Hall–Kier alpha value is -2.77. The lowest BCUT2D eigenvalue weighted by molar-refractivity contribution is -0.384. The largest absolute Gasteiger partial charge is 0.330 e. The van der Waals surface area contributed by atoms with Crippen molar-refractivity contribution in [3.63, 3.8) is 0 Å². The van der Waals surface area contributed by atoms with Crippen LogP contribution in [0, 0.1) is 16.0 Å². The van der Waals surface area contributed by atoms with Gasteiger partial charge in [0.2, 0.25) is 5.91 Å². The van der Waals surface area contributed by atoms with Crippen molar-refractivity contribution in [2.75, 3.05) is 31.5 Å². The van der Waals surface area contributed by atoms with E-state index in [1.807, 2.05) is 18.2 Å². The lowest BCUT2D eigenvalue weighted by Gasteiger charge is -2.16. The molecule has 1 fully saturated rings. The Morgan fingerprint density at radius 3 is 2.48 bits per heavy atom. The molecule has 0 aromatic heterocycles. The summed E-state index contributed by atoms with van der Waals surface area (Å²) in [6.45, 7) is 3.08. The first kappa shape index (κ1) is 19.0. The molecule has 142 valence electrons. The number of rotatable bonds is 7. The molecule has 2 aromatic carbocycles. The van der Waals surface area contributed by atoms with Crippen LogP contribution in [0.25, 0.3) is 0 Å². The molecule has 0 bridgehead atoms. The third-order valence-electron chi connectivity index (χ3n) is 5.06. The van der Waals surface area contributed by atoms with Gasteiger partial charge in [0.25, 0.3) is 5.69 Å². The van der Waals surface area contributed by atoms with E-state index in [9.17, 15) is 14.9 Å². The van der Waals surface area contributed by atoms with Crippen molar-refractivity contribution in [1.82, 2.24) is 4.90 Å². The highest BCUT2D eigenvalue weighted by Gasteiger charge is 2.32. The monoisotopic (exact) mass is 368 g/mol. The number of nitrogens with zero attached hydrogens (tertiary/aromatic N) is 2. The van der Waals surface area contributed by atoms with Gasteiger partial charge < -0.3 is 16.0 Å². The Labute approximate surface area is 158 Å². The average Bonchev–Trinajstić information content (AvgIpc) is 3.11. The molecule has 1 aliphatic heterocycles. The van der Waals surface area contributed by atoms with Crippen molar-refractivity contribution in [3.05, 3.63) is 70.3 Å². The van der Waals surface area contributed by atoms with Crippen LogP contribution in [-0.2, 0) is 4.79 Å². The van der Waals surface area contributed by atoms with E-state index in [0.717, 1.165) is 13.1 Å². The van der Waals surface area contributed by atoms with E-state index in [-0.39, 0.29) is 11.6 Å². The van der Waals surface area contributed by atoms with Crippen molar-refractivity contribution in [1.29, 1.82) is 0 Å². The second-order valence-corrected chi connectivity index (χ2v) is 6.87. The summed E-state index contributed by atoms with van der Waals surface area (Å²) in [7, 11) is 0. The molecular formula is C20H24N4O3. The van der Waals surface area contributed by atoms with Crippen molar-refractivity contribution in [2.24, 2.45) is 11.7 Å². The maximum Gasteiger partial charge on any atom is 0.269 e. The number of non-ortho nitro benzene ring substituents is 1. The molecule has 1 heterocycles. The molecule has 7 heteroatoms. The fraction of sp³-hybridized carbons (Fsp3) is 0.350. The molecule has 3 N–H and O–H groups in total. The van der Waals surface area contributed by atoms with Crippen LogP contribution < -0.4 is 11.1 Å². The zero-order chi connectivity index (χ0) is 19.2. The maximum absolute atomic E-state index is 12.2. The molecule has 0 saturated carbocycles. The van der Waals surface area contributed by atoms with Crippen LogP contribution in [0.5, 0.6) is 0 Å². The molecule has 0 radical (unpaired) electrons. The summed E-state index contributed by atoms with van der Waals surface area (Å²) in [4.78, 5) is 24.7. The second kappa shape index (κ2) is 8.75. The minimum Gasteiger partial charge on any atom is -0.330 e. The highest BCUT2D eigenvalue weighted by atomic mass is 16.6. The van der Waals surface area contributed by atoms with Gasteiger partial charge in [-0.3, -0.25) is 14.9 Å². The number of likely N-dealkylation sites (tertiary alicyclic amines) is 1. The van der Waals surface area contributed by atoms with Crippen LogP contribution in [0.2, 0.25) is 0 Å². The smallest absolute Gasteiger partial charge is 0.269 e. The highest BCUT2D eigenvalue weighted by Crippen LogP contribution is 2.32. The van der Waals surface area contributed by atoms with Crippen LogP contribution in [0.15, 0.2) is 54.6 Å². The Balaban J connectivity index is 1.51. The lowest BCUT2D eigenvalue weighted by atomic mass is 9.89. The molecule has 2 aromatic rings. The molecule has 1 aliphatic rings. The van der Waals surface area contributed by atoms with Crippen LogP contribution in [-0.4, -0.2) is 41.9 Å². The number of nitro benzene ring substituents is 1. The Morgan fingerprint density at radius 2 is 1.85 bits per heavy atom. The zero-order valence-corrected chi connectivity index (χ0v) is 15.1. The summed E-state index contributed by atoms with van der Waals surface area (Å²) in [5.74, 6) is 0.690. The highest BCUT2D eigenvalue weighted by molar-refractivity contribution is 5.90. The van der Waals surface area contributed by atoms with Gasteiger partial charge in [-0.05, 0) is 30.2 Å². The third-order valence-corrected chi connectivity index (χ3v) is 5.06. The van der Waals surface area contributed by atoms with Gasteiger partial charge in [0.05, 0.1) is 4.92 Å². The predicted octanol–water partition coefficient (Wildman–Crippen LogP) is 2.60. The van der Waals surface area contributed by atoms with Gasteiger partial charge >= 0.3 is 0 Å². The van der Waals surface area contributed by atoms with Gasteiger partial charge in [-0.2, -0.15) is 0 Å². The van der Waals surface area contributed by atoms with E-state index >= 15 is 0 Å². The summed E-state index contributed by atoms with van der Waals surface area (Å²) in [5.41, 5.74) is 7.83. The number of anilines is 1. The topological polar surface area (TPSA) is 102 Å². The van der Waals surface area contributed by atoms with E-state index in [0.29, 0.717) is 37.0 Å². The number of hydrogen-bond donors (Lipinski definition) is 2. The Morgan fingerprint density at radius 1 is 1.15 bits per heavy atom. The number of amides is 1. The van der Waals surface area contributed by atoms with E-state index in [2.05, 4.69) is 22.3 Å². The molecular weight excluding hydrogens is 344 g/mol. The van der Waals surface area contributed by atoms with Crippen LogP contribution in [0.1, 0.15) is 17.9 Å². The minimum atomic E-state index is -0.462. The first-order valence-electron chi connectivity index (χ1n) is 9.08. The number of benzene rings is 2. The number of nitrogens with two attached hydrogens (primary N) is 1. The van der Waals surface area contributed by atoms with E-state index < -0.39 is 4.92 Å². The second-order valence-electron chi connectivity index (χ2n) is 6.87. The van der Waals surface area contributed by atoms with Crippen LogP contribution in [0.3, 0.4) is 0 Å². The number of nitro groups is 1. The molecule has 27 heavy (non-hydrogen) atoms. The number of hydrogen-bond acceptors (Lipinski definition) is 5. The molecule has 0 unspecified atom stereocenters. The van der Waals surface area contributed by atoms with Crippen LogP contribution in [0.4, 0.5) is 11.4 Å². The maximum atomic E-state index is 12.2. The van der Waals surface area contributed by atoms with Gasteiger partial charge in [-0.25, -0.2) is 0 Å². The lowest BCUT2D eigenvalue weighted by Crippen LogP contribution is -2.27. The van der Waals surface area contributed by atoms with Gasteiger partial charge in [-0.1, -0.05) is 30.3 Å². The zero-order valence-electron chi connectivity index (χ0n) is 15.1. The number of carbonyl (C=O) groups is 1. The van der Waals surface area contributed by atoms with Gasteiger partial charge in [0.15, 0.2) is 0 Å². The van der Waals surface area contributed by atoms with E-state index in [1.165, 1.54) is 17.7 Å². The van der Waals surface area contributed by atoms with Crippen molar-refractivity contribution >= 4 is 17.3 Å². The molecule has 0 aliphatic carbocycles. The Bertz CT molecular complexity index is 780. The summed E-state index contributed by atoms with van der Waals surface area (Å²) in [6.07, 6.45) is 0.371. The molecule has 1 saturated heterocycles. The van der Waals surface area contributed by atoms with Gasteiger partial charge in [0.1, 0.15) is 0 Å². The van der Waals surface area contributed by atoms with E-state index in [1.54, 1.807) is 12.1 Å². The third kappa shape index (κ3) is 4.90. The quantitative estimate of drug-likeness (QED) is 0.578. The molecule has 3 rings (SSSR count). The van der Waals surface area contributed by atoms with Crippen LogP contribution >= 0.6 is 0 Å². The predicted molar refractivity (Wildman–Crippen MR) is 105 cm³/mol. The fourth-order valence-electron chi connectivity index (χ4n) is 3.61. The first-order valence-corrected chi connectivity index (χ1v) is 9.08. The van der Waals surface area contributed by atoms with Crippen molar-refractivity contribution in [2.45, 2.75) is 12.3 Å². The van der Waals surface area contributed by atoms with E-state index in [4.69, 9.17) is 5.73 Å². The summed E-state index contributed by atoms with van der Waals surface area (Å²) >= 11 is 0. The van der Waals surface area contributed by atoms with Crippen molar-refractivity contribution in [3.8, 4) is 0 Å². The fourth-order valence-corrected chi connectivity index (χ4v) is 3.61. The van der Waals surface area contributed by atoms with Gasteiger partial charge in [0, 0.05) is 49.8 Å². The molecule has 0 spiro atoms. The average molecular weight is 368 g/mol. The summed E-state index contributed by atoms with van der Waals surface area (Å²) in [5, 5.41) is 13.5. The number of nitrogens with one attached hydrogen (secondary N) is 1. The van der Waals surface area contributed by atoms with Crippen molar-refractivity contribution < 1.29 is 9.72 Å². The Kier molecular flexibility index (Phi) is 6.16.